The third-order valence-electron chi connectivity index (χ3n) is 4.20. The summed E-state index contributed by atoms with van der Waals surface area (Å²) in [6, 6.07) is 8.82. The average molecular weight is 320 g/mol. The van der Waals surface area contributed by atoms with Crippen LogP contribution in [0.2, 0.25) is 0 Å². The normalized spacial score (nSPS) is 16.7. The number of carbonyl (C=O) groups excluding carboxylic acids is 1. The van der Waals surface area contributed by atoms with E-state index in [1.165, 1.54) is 32.1 Å². The molecule has 1 aromatic rings. The van der Waals surface area contributed by atoms with Gasteiger partial charge in [-0.2, -0.15) is 0 Å². The van der Waals surface area contributed by atoms with Gasteiger partial charge in [-0.25, -0.2) is 4.79 Å². The number of hydrogen-bond acceptors (Lipinski definition) is 3. The first kappa shape index (κ1) is 17.8. The maximum Gasteiger partial charge on any atom is 0.315 e. The zero-order chi connectivity index (χ0) is 16.3. The van der Waals surface area contributed by atoms with Crippen molar-refractivity contribution in [3.63, 3.8) is 0 Å². The lowest BCUT2D eigenvalue weighted by atomic mass is 9.98. The second kappa shape index (κ2) is 10.2. The van der Waals surface area contributed by atoms with E-state index < -0.39 is 0 Å². The number of nitrogens with one attached hydrogen (secondary N) is 2. The quantitative estimate of drug-likeness (QED) is 0.645. The van der Waals surface area contributed by atoms with E-state index in [4.69, 9.17) is 4.74 Å². The molecule has 1 fully saturated rings. The molecule has 1 aliphatic rings. The molecule has 0 radical (unpaired) electrons. The van der Waals surface area contributed by atoms with Crippen LogP contribution in [0.25, 0.3) is 0 Å². The maximum atomic E-state index is 11.9. The monoisotopic (exact) mass is 320 g/mol. The molecule has 23 heavy (non-hydrogen) atoms. The molecular formula is C18H28N2O3. The topological polar surface area (TPSA) is 70.6 Å². The second-order valence-electron chi connectivity index (χ2n) is 6.03. The Labute approximate surface area is 138 Å². The van der Waals surface area contributed by atoms with Crippen LogP contribution < -0.4 is 10.6 Å². The summed E-state index contributed by atoms with van der Waals surface area (Å²) >= 11 is 0. The Bertz CT molecular complexity index is 447. The molecule has 2 rings (SSSR count). The molecule has 1 saturated carbocycles. The molecule has 1 aromatic carbocycles. The molecular weight excluding hydrogens is 292 g/mol. The molecule has 5 heteroatoms. The summed E-state index contributed by atoms with van der Waals surface area (Å²) in [6.07, 6.45) is 7.43. The largest absolute Gasteiger partial charge is 0.394 e. The average Bonchev–Trinajstić information content (AvgIpc) is 2.61. The lowest BCUT2D eigenvalue weighted by molar-refractivity contribution is 0.0275. The zero-order valence-corrected chi connectivity index (χ0v) is 13.7. The van der Waals surface area contributed by atoms with Crippen LogP contribution in [0.5, 0.6) is 0 Å². The summed E-state index contributed by atoms with van der Waals surface area (Å²) in [5.74, 6) is 0. The molecule has 128 valence electrons. The smallest absolute Gasteiger partial charge is 0.315 e. The van der Waals surface area contributed by atoms with Crippen molar-refractivity contribution in [1.29, 1.82) is 0 Å². The number of carbonyl (C=O) groups is 1. The number of hydrogen-bond donors (Lipinski definition) is 3. The Kier molecular flexibility index (Phi) is 7.90. The number of urea groups is 1. The highest BCUT2D eigenvalue weighted by Crippen LogP contribution is 2.20. The van der Waals surface area contributed by atoms with Crippen molar-refractivity contribution in [3.05, 3.63) is 35.9 Å². The molecule has 0 aliphatic heterocycles. The molecule has 5 nitrogen and oxygen atoms in total. The van der Waals surface area contributed by atoms with Crippen molar-refractivity contribution in [1.82, 2.24) is 10.6 Å². The summed E-state index contributed by atoms with van der Waals surface area (Å²) in [6.45, 7) is 1.14. The fraction of sp³-hybridized carbons (Fsp3) is 0.611. The van der Waals surface area contributed by atoms with Gasteiger partial charge in [-0.1, -0.05) is 49.6 Å². The Morgan fingerprint density at radius 2 is 1.96 bits per heavy atom. The van der Waals surface area contributed by atoms with Crippen LogP contribution in [0, 0.1) is 0 Å². The molecule has 2 amide bonds. The molecule has 1 aliphatic carbocycles. The van der Waals surface area contributed by atoms with Gasteiger partial charge in [0.1, 0.15) is 0 Å². The number of aliphatic hydroxyl groups excluding tert-OH is 1. The zero-order valence-electron chi connectivity index (χ0n) is 13.7. The van der Waals surface area contributed by atoms with E-state index in [2.05, 4.69) is 10.6 Å². The Morgan fingerprint density at radius 3 is 2.65 bits per heavy atom. The Morgan fingerprint density at radius 1 is 1.22 bits per heavy atom. The van der Waals surface area contributed by atoms with Crippen molar-refractivity contribution in [3.8, 4) is 0 Å². The van der Waals surface area contributed by atoms with E-state index in [0.717, 1.165) is 12.0 Å². The summed E-state index contributed by atoms with van der Waals surface area (Å²) in [5, 5.41) is 15.0. The third-order valence-corrected chi connectivity index (χ3v) is 4.20. The van der Waals surface area contributed by atoms with Gasteiger partial charge in [0.2, 0.25) is 0 Å². The first-order valence-corrected chi connectivity index (χ1v) is 8.61. The first-order chi connectivity index (χ1) is 11.3. The molecule has 1 atom stereocenters. The van der Waals surface area contributed by atoms with E-state index in [-0.39, 0.29) is 18.7 Å². The van der Waals surface area contributed by atoms with Gasteiger partial charge in [0.05, 0.1) is 18.8 Å². The second-order valence-corrected chi connectivity index (χ2v) is 6.03. The molecule has 1 unspecified atom stereocenters. The minimum absolute atomic E-state index is 0.123. The summed E-state index contributed by atoms with van der Waals surface area (Å²) in [5.41, 5.74) is 0.894. The molecule has 3 N–H and O–H groups in total. The molecule has 0 heterocycles. The number of rotatable bonds is 8. The lowest BCUT2D eigenvalue weighted by Crippen LogP contribution is -2.39. The van der Waals surface area contributed by atoms with E-state index in [1.54, 1.807) is 0 Å². The van der Waals surface area contributed by atoms with Gasteiger partial charge >= 0.3 is 6.03 Å². The van der Waals surface area contributed by atoms with E-state index >= 15 is 0 Å². The van der Waals surface area contributed by atoms with Crippen molar-refractivity contribution in [2.75, 3.05) is 19.8 Å². The Balaban J connectivity index is 1.59. The van der Waals surface area contributed by atoms with Crippen LogP contribution in [0.4, 0.5) is 4.79 Å². The van der Waals surface area contributed by atoms with Crippen LogP contribution in [-0.2, 0) is 4.74 Å². The van der Waals surface area contributed by atoms with Crippen molar-refractivity contribution in [2.45, 2.75) is 50.7 Å². The fourth-order valence-electron chi connectivity index (χ4n) is 2.88. The number of aliphatic hydroxyl groups is 1. The van der Waals surface area contributed by atoms with Gasteiger partial charge in [0, 0.05) is 13.2 Å². The molecule has 0 spiro atoms. The van der Waals surface area contributed by atoms with Crippen molar-refractivity contribution < 1.29 is 14.6 Å². The number of amides is 2. The van der Waals surface area contributed by atoms with Gasteiger partial charge in [0.25, 0.3) is 0 Å². The fourth-order valence-corrected chi connectivity index (χ4v) is 2.88. The summed E-state index contributed by atoms with van der Waals surface area (Å²) < 4.78 is 5.82. The van der Waals surface area contributed by atoms with Crippen LogP contribution in [0.1, 0.15) is 50.1 Å². The number of ether oxygens (including phenoxy) is 1. The first-order valence-electron chi connectivity index (χ1n) is 8.61. The molecule has 0 saturated heterocycles. The summed E-state index contributed by atoms with van der Waals surface area (Å²) in [4.78, 5) is 11.9. The predicted octanol–water partition coefficient (Wildman–Crippen LogP) is 2.76. The Hall–Kier alpha value is -1.59. The minimum atomic E-state index is -0.380. The van der Waals surface area contributed by atoms with Gasteiger partial charge in [-0.05, 0) is 24.8 Å². The highest BCUT2D eigenvalue weighted by atomic mass is 16.5. The van der Waals surface area contributed by atoms with E-state index in [9.17, 15) is 9.90 Å². The van der Waals surface area contributed by atoms with Crippen LogP contribution in [-0.4, -0.2) is 37.0 Å². The van der Waals surface area contributed by atoms with Crippen LogP contribution in [0.15, 0.2) is 30.3 Å². The molecule has 0 aromatic heterocycles. The van der Waals surface area contributed by atoms with Crippen molar-refractivity contribution in [2.24, 2.45) is 0 Å². The van der Waals surface area contributed by atoms with E-state index in [1.807, 2.05) is 30.3 Å². The number of benzene rings is 1. The van der Waals surface area contributed by atoms with Gasteiger partial charge in [-0.15, -0.1) is 0 Å². The highest BCUT2D eigenvalue weighted by Gasteiger charge is 2.14. The van der Waals surface area contributed by atoms with Gasteiger partial charge in [-0.3, -0.25) is 0 Å². The summed E-state index contributed by atoms with van der Waals surface area (Å²) in [7, 11) is 0. The third kappa shape index (κ3) is 6.59. The minimum Gasteiger partial charge on any atom is -0.394 e. The van der Waals surface area contributed by atoms with Crippen molar-refractivity contribution >= 4 is 6.03 Å². The van der Waals surface area contributed by atoms with Crippen LogP contribution >= 0.6 is 0 Å². The predicted molar refractivity (Wildman–Crippen MR) is 90.2 cm³/mol. The van der Waals surface area contributed by atoms with E-state index in [0.29, 0.717) is 19.3 Å². The van der Waals surface area contributed by atoms with Gasteiger partial charge < -0.3 is 20.5 Å². The van der Waals surface area contributed by atoms with Crippen LogP contribution in [0.3, 0.4) is 0 Å². The highest BCUT2D eigenvalue weighted by molar-refractivity contribution is 5.74. The molecule has 0 bridgehead atoms. The SMILES string of the molecule is O=C(NCCCOC1CCCCC1)NC(CO)c1ccccc1. The van der Waals surface area contributed by atoms with Gasteiger partial charge in [0.15, 0.2) is 0 Å². The standard InChI is InChI=1S/C18H28N2O3/c21-14-17(15-8-3-1-4-9-15)20-18(22)19-12-7-13-23-16-10-5-2-6-11-16/h1,3-4,8-9,16-17,21H,2,5-7,10-14H2,(H2,19,20,22). The maximum absolute atomic E-state index is 11.9. The lowest BCUT2D eigenvalue weighted by Gasteiger charge is -2.22.